The highest BCUT2D eigenvalue weighted by Crippen LogP contribution is 2.10. The maximum absolute atomic E-state index is 5.49. The molecule has 0 radical (unpaired) electrons. The predicted molar refractivity (Wildman–Crippen MR) is 33.4 cm³/mol. The van der Waals surface area contributed by atoms with Crippen molar-refractivity contribution in [2.75, 3.05) is 6.26 Å². The van der Waals surface area contributed by atoms with E-state index < -0.39 is 0 Å². The van der Waals surface area contributed by atoms with Crippen LogP contribution in [-0.2, 0) is 0 Å². The van der Waals surface area contributed by atoms with E-state index in [4.69, 9.17) is 11.6 Å². The van der Waals surface area contributed by atoms with E-state index in [1.807, 2.05) is 6.26 Å². The lowest BCUT2D eigenvalue weighted by Gasteiger charge is -1.91. The molecule has 0 N–H and O–H groups in total. The van der Waals surface area contributed by atoms with Crippen LogP contribution in [0.3, 0.4) is 0 Å². The molecule has 0 aromatic carbocycles. The Labute approximate surface area is 47.6 Å². The molecule has 1 unspecified atom stereocenters. The molecule has 0 heterocycles. The average molecular weight is 123 g/mol. The van der Waals surface area contributed by atoms with Gasteiger partial charge in [-0.25, -0.2) is 0 Å². The third kappa shape index (κ3) is 2.61. The lowest BCUT2D eigenvalue weighted by Crippen LogP contribution is -1.77. The molecule has 0 aliphatic heterocycles. The second-order valence-corrected chi connectivity index (χ2v) is 2.53. The molecule has 6 heavy (non-hydrogen) atoms. The van der Waals surface area contributed by atoms with E-state index in [9.17, 15) is 0 Å². The van der Waals surface area contributed by atoms with Crippen LogP contribution in [0.4, 0.5) is 0 Å². The van der Waals surface area contributed by atoms with E-state index in [0.717, 1.165) is 0 Å². The molecular formula is C4H7ClS. The van der Waals surface area contributed by atoms with Gasteiger partial charge in [-0.05, 0) is 6.26 Å². The summed E-state index contributed by atoms with van der Waals surface area (Å²) in [5.74, 6) is 0. The van der Waals surface area contributed by atoms with Crippen LogP contribution in [0, 0.1) is 0 Å². The summed E-state index contributed by atoms with van der Waals surface area (Å²) in [7, 11) is 0. The average Bonchev–Trinajstić information content (AvgIpc) is 1.65. The van der Waals surface area contributed by atoms with Gasteiger partial charge in [0, 0.05) is 0 Å². The molecule has 1 atom stereocenters. The third-order valence-electron chi connectivity index (χ3n) is 0.410. The Balaban J connectivity index is 2.96. The lowest BCUT2D eigenvalue weighted by molar-refractivity contribution is 1.66. The summed E-state index contributed by atoms with van der Waals surface area (Å²) in [4.78, 5) is 0. The first-order valence-electron chi connectivity index (χ1n) is 1.60. The number of hydrogen-bond donors (Lipinski definition) is 0. The Kier molecular flexibility index (Phi) is 3.79. The second kappa shape index (κ2) is 3.57. The topological polar surface area (TPSA) is 0 Å². The highest BCUT2D eigenvalue weighted by Gasteiger charge is 1.87. The van der Waals surface area contributed by atoms with Crippen LogP contribution in [0.25, 0.3) is 0 Å². The number of thioether (sulfide) groups is 1. The maximum Gasteiger partial charge on any atom is 0.0964 e. The van der Waals surface area contributed by atoms with E-state index in [2.05, 4.69) is 6.58 Å². The van der Waals surface area contributed by atoms with Crippen molar-refractivity contribution in [1.82, 2.24) is 0 Å². The summed E-state index contributed by atoms with van der Waals surface area (Å²) in [5.41, 5.74) is 0. The monoisotopic (exact) mass is 122 g/mol. The smallest absolute Gasteiger partial charge is 0.0964 e. The van der Waals surface area contributed by atoms with Gasteiger partial charge in [-0.15, -0.1) is 29.9 Å². The summed E-state index contributed by atoms with van der Waals surface area (Å²) in [6, 6.07) is 0. The summed E-state index contributed by atoms with van der Waals surface area (Å²) < 4.78 is 0.0880. The van der Waals surface area contributed by atoms with Crippen LogP contribution in [0.2, 0.25) is 0 Å². The number of alkyl halides is 1. The van der Waals surface area contributed by atoms with Gasteiger partial charge >= 0.3 is 0 Å². The first-order valence-corrected chi connectivity index (χ1v) is 3.33. The second-order valence-electron chi connectivity index (χ2n) is 0.823. The zero-order valence-corrected chi connectivity index (χ0v) is 5.22. The summed E-state index contributed by atoms with van der Waals surface area (Å²) in [6.45, 7) is 3.48. The first-order chi connectivity index (χ1) is 2.81. The van der Waals surface area contributed by atoms with Gasteiger partial charge in [-0.1, -0.05) is 6.08 Å². The number of rotatable bonds is 2. The highest BCUT2D eigenvalue weighted by molar-refractivity contribution is 8.00. The van der Waals surface area contributed by atoms with Gasteiger partial charge in [0.1, 0.15) is 0 Å². The lowest BCUT2D eigenvalue weighted by atomic mass is 10.8. The predicted octanol–water partition coefficient (Wildman–Crippen LogP) is 2.10. The van der Waals surface area contributed by atoms with Gasteiger partial charge in [0.15, 0.2) is 0 Å². The van der Waals surface area contributed by atoms with Gasteiger partial charge < -0.3 is 0 Å². The minimum atomic E-state index is 0.0880. The highest BCUT2D eigenvalue weighted by atomic mass is 35.5. The van der Waals surface area contributed by atoms with Crippen molar-refractivity contribution in [3.05, 3.63) is 12.7 Å². The van der Waals surface area contributed by atoms with Crippen LogP contribution >= 0.6 is 23.4 Å². The van der Waals surface area contributed by atoms with Crippen LogP contribution in [0.5, 0.6) is 0 Å². The zero-order chi connectivity index (χ0) is 4.99. The van der Waals surface area contributed by atoms with Crippen LogP contribution in [0.1, 0.15) is 0 Å². The third-order valence-corrected chi connectivity index (χ3v) is 1.77. The Morgan fingerprint density at radius 2 is 2.50 bits per heavy atom. The molecule has 2 heteroatoms. The molecule has 0 saturated carbocycles. The van der Waals surface area contributed by atoms with Gasteiger partial charge in [0.2, 0.25) is 0 Å². The van der Waals surface area contributed by atoms with E-state index in [-0.39, 0.29) is 4.71 Å². The standard InChI is InChI=1S/C4H7ClS/c1-3-4(5)6-2/h3-4H,1H2,2H3. The van der Waals surface area contributed by atoms with Crippen molar-refractivity contribution < 1.29 is 0 Å². The van der Waals surface area contributed by atoms with Crippen LogP contribution < -0.4 is 0 Å². The molecule has 36 valence electrons. The van der Waals surface area contributed by atoms with Gasteiger partial charge in [0.25, 0.3) is 0 Å². The summed E-state index contributed by atoms with van der Waals surface area (Å²) in [6.07, 6.45) is 3.64. The number of hydrogen-bond acceptors (Lipinski definition) is 1. The molecule has 0 amide bonds. The van der Waals surface area contributed by atoms with Crippen LogP contribution in [0.15, 0.2) is 12.7 Å². The molecule has 0 aromatic rings. The van der Waals surface area contributed by atoms with Crippen LogP contribution in [-0.4, -0.2) is 11.0 Å². The van der Waals surface area contributed by atoms with Gasteiger partial charge in [-0.3, -0.25) is 0 Å². The molecule has 0 aliphatic carbocycles. The van der Waals surface area contributed by atoms with Crippen molar-refractivity contribution in [2.45, 2.75) is 4.71 Å². The fraction of sp³-hybridized carbons (Fsp3) is 0.500. The molecule has 0 aliphatic rings. The molecule has 0 fully saturated rings. The van der Waals surface area contributed by atoms with E-state index in [1.165, 1.54) is 0 Å². The quantitative estimate of drug-likeness (QED) is 0.399. The molecule has 0 rings (SSSR count). The fourth-order valence-electron chi connectivity index (χ4n) is 0.0962. The van der Waals surface area contributed by atoms with Crippen molar-refractivity contribution in [2.24, 2.45) is 0 Å². The normalized spacial score (nSPS) is 13.7. The van der Waals surface area contributed by atoms with Gasteiger partial charge in [0.05, 0.1) is 4.71 Å². The Hall–Kier alpha value is 0.380. The Morgan fingerprint density at radius 1 is 2.00 bits per heavy atom. The minimum absolute atomic E-state index is 0.0880. The summed E-state index contributed by atoms with van der Waals surface area (Å²) >= 11 is 7.07. The zero-order valence-electron chi connectivity index (χ0n) is 3.65. The molecular weight excluding hydrogens is 116 g/mol. The first kappa shape index (κ1) is 6.38. The van der Waals surface area contributed by atoms with E-state index in [1.54, 1.807) is 17.8 Å². The fourth-order valence-corrected chi connectivity index (χ4v) is 0.289. The van der Waals surface area contributed by atoms with Crippen molar-refractivity contribution >= 4 is 23.4 Å². The number of halogens is 1. The molecule has 0 saturated heterocycles. The van der Waals surface area contributed by atoms with Crippen molar-refractivity contribution in [3.63, 3.8) is 0 Å². The van der Waals surface area contributed by atoms with Crippen molar-refractivity contribution in [3.8, 4) is 0 Å². The molecule has 0 spiro atoms. The van der Waals surface area contributed by atoms with E-state index in [0.29, 0.717) is 0 Å². The maximum atomic E-state index is 5.49. The molecule has 0 nitrogen and oxygen atoms in total. The largest absolute Gasteiger partial charge is 0.142 e. The summed E-state index contributed by atoms with van der Waals surface area (Å²) in [5, 5.41) is 0. The Bertz CT molecular complexity index is 44.8. The van der Waals surface area contributed by atoms with Crippen molar-refractivity contribution in [1.29, 1.82) is 0 Å². The van der Waals surface area contributed by atoms with Gasteiger partial charge in [-0.2, -0.15) is 0 Å². The Morgan fingerprint density at radius 3 is 2.50 bits per heavy atom. The molecule has 0 bridgehead atoms. The molecule has 0 aromatic heterocycles. The SMILES string of the molecule is C=CC(Cl)SC. The van der Waals surface area contributed by atoms with E-state index >= 15 is 0 Å². The minimum Gasteiger partial charge on any atom is -0.142 e.